The molecular formula is C29H31N3O3. The van der Waals surface area contributed by atoms with E-state index in [-0.39, 0.29) is 11.8 Å². The molecule has 1 fully saturated rings. The lowest BCUT2D eigenvalue weighted by Crippen LogP contribution is -2.24. The second kappa shape index (κ2) is 10.2. The molecule has 3 aromatic carbocycles. The average molecular weight is 470 g/mol. The third-order valence-electron chi connectivity index (χ3n) is 6.55. The van der Waals surface area contributed by atoms with E-state index in [9.17, 15) is 4.79 Å². The minimum Gasteiger partial charge on any atom is -0.494 e. The van der Waals surface area contributed by atoms with Gasteiger partial charge >= 0.3 is 0 Å². The smallest absolute Gasteiger partial charge is 0.227 e. The summed E-state index contributed by atoms with van der Waals surface area (Å²) in [5.41, 5.74) is 4.20. The van der Waals surface area contributed by atoms with Gasteiger partial charge in [-0.2, -0.15) is 0 Å². The van der Waals surface area contributed by atoms with Crippen LogP contribution in [0.1, 0.15) is 37.6 Å². The Bertz CT molecular complexity index is 1300. The third kappa shape index (κ3) is 4.87. The van der Waals surface area contributed by atoms with Crippen molar-refractivity contribution in [3.05, 3.63) is 84.2 Å². The predicted octanol–water partition coefficient (Wildman–Crippen LogP) is 5.60. The van der Waals surface area contributed by atoms with E-state index in [1.165, 1.54) is 5.56 Å². The van der Waals surface area contributed by atoms with Crippen LogP contribution >= 0.6 is 0 Å². The standard InChI is InChI=1S/C29H31N3O3/c1-3-21-9-13-25(14-10-21)35-18-17-31-27-8-6-5-7-26(27)30-29(31)22-19-28(33)32(20-22)23-11-15-24(16-12-23)34-4-2/h5-16,22H,3-4,17-20H2,1-2H3. The van der Waals surface area contributed by atoms with Gasteiger partial charge in [0, 0.05) is 24.6 Å². The fourth-order valence-electron chi connectivity index (χ4n) is 4.74. The molecule has 1 aliphatic heterocycles. The molecule has 4 aromatic rings. The molecular weight excluding hydrogens is 438 g/mol. The molecule has 2 heterocycles. The van der Waals surface area contributed by atoms with Crippen LogP contribution in [0.2, 0.25) is 0 Å². The van der Waals surface area contributed by atoms with Crippen LogP contribution in [0.4, 0.5) is 5.69 Å². The highest BCUT2D eigenvalue weighted by Crippen LogP contribution is 2.34. The Kier molecular flexibility index (Phi) is 6.70. The van der Waals surface area contributed by atoms with Gasteiger partial charge in [0.25, 0.3) is 0 Å². The molecule has 1 saturated heterocycles. The van der Waals surface area contributed by atoms with Crippen molar-refractivity contribution < 1.29 is 14.3 Å². The van der Waals surface area contributed by atoms with E-state index < -0.39 is 0 Å². The van der Waals surface area contributed by atoms with Gasteiger partial charge in [-0.05, 0) is 67.4 Å². The number of para-hydroxylation sites is 2. The number of carbonyl (C=O) groups is 1. The van der Waals surface area contributed by atoms with Crippen LogP contribution in [-0.4, -0.2) is 35.2 Å². The maximum atomic E-state index is 13.0. The van der Waals surface area contributed by atoms with E-state index in [1.807, 2.05) is 66.4 Å². The van der Waals surface area contributed by atoms with Crippen molar-refractivity contribution in [2.24, 2.45) is 0 Å². The number of aromatic nitrogens is 2. The number of amides is 1. The number of nitrogens with zero attached hydrogens (tertiary/aromatic N) is 3. The zero-order valence-electron chi connectivity index (χ0n) is 20.3. The van der Waals surface area contributed by atoms with Crippen molar-refractivity contribution in [2.75, 3.05) is 24.7 Å². The van der Waals surface area contributed by atoms with Crippen molar-refractivity contribution in [1.82, 2.24) is 9.55 Å². The lowest BCUT2D eigenvalue weighted by Gasteiger charge is -2.18. The lowest BCUT2D eigenvalue weighted by molar-refractivity contribution is -0.117. The highest BCUT2D eigenvalue weighted by Gasteiger charge is 2.34. The number of anilines is 1. The molecule has 6 heteroatoms. The Labute approximate surface area is 206 Å². The van der Waals surface area contributed by atoms with Crippen LogP contribution < -0.4 is 14.4 Å². The molecule has 35 heavy (non-hydrogen) atoms. The molecule has 0 spiro atoms. The molecule has 180 valence electrons. The van der Waals surface area contributed by atoms with Gasteiger partial charge < -0.3 is 18.9 Å². The van der Waals surface area contributed by atoms with Crippen LogP contribution in [-0.2, 0) is 17.8 Å². The number of benzene rings is 3. The topological polar surface area (TPSA) is 56.6 Å². The van der Waals surface area contributed by atoms with Gasteiger partial charge in [-0.3, -0.25) is 4.79 Å². The van der Waals surface area contributed by atoms with Crippen molar-refractivity contribution in [1.29, 1.82) is 0 Å². The molecule has 0 bridgehead atoms. The molecule has 6 nitrogen and oxygen atoms in total. The number of fused-ring (bicyclic) bond motifs is 1. The number of imidazole rings is 1. The first kappa shape index (κ1) is 23.0. The Morgan fingerprint density at radius 2 is 1.63 bits per heavy atom. The second-order valence-corrected chi connectivity index (χ2v) is 8.79. The minimum absolute atomic E-state index is 0.0188. The fraction of sp³-hybridized carbons (Fsp3) is 0.310. The number of ether oxygens (including phenoxy) is 2. The number of hydrogen-bond acceptors (Lipinski definition) is 4. The molecule has 0 N–H and O–H groups in total. The van der Waals surface area contributed by atoms with Gasteiger partial charge in [-0.25, -0.2) is 4.98 Å². The summed E-state index contributed by atoms with van der Waals surface area (Å²) in [6.45, 7) is 6.53. The molecule has 5 rings (SSSR count). The summed E-state index contributed by atoms with van der Waals surface area (Å²) >= 11 is 0. The van der Waals surface area contributed by atoms with Gasteiger partial charge in [-0.15, -0.1) is 0 Å². The summed E-state index contributed by atoms with van der Waals surface area (Å²) in [5, 5.41) is 0. The van der Waals surface area contributed by atoms with Crippen molar-refractivity contribution in [3.8, 4) is 11.5 Å². The summed E-state index contributed by atoms with van der Waals surface area (Å²) in [6.07, 6.45) is 1.45. The van der Waals surface area contributed by atoms with Gasteiger partial charge in [0.15, 0.2) is 0 Å². The third-order valence-corrected chi connectivity index (χ3v) is 6.55. The lowest BCUT2D eigenvalue weighted by atomic mass is 10.1. The van der Waals surface area contributed by atoms with Crippen LogP contribution in [0.3, 0.4) is 0 Å². The van der Waals surface area contributed by atoms with Gasteiger partial charge in [-0.1, -0.05) is 31.2 Å². The molecule has 0 radical (unpaired) electrons. The van der Waals surface area contributed by atoms with Gasteiger partial charge in [0.2, 0.25) is 5.91 Å². The summed E-state index contributed by atoms with van der Waals surface area (Å²) in [7, 11) is 0. The summed E-state index contributed by atoms with van der Waals surface area (Å²) in [4.78, 5) is 19.8. The monoisotopic (exact) mass is 469 g/mol. The molecule has 1 aromatic heterocycles. The quantitative estimate of drug-likeness (QED) is 0.320. The minimum atomic E-state index is 0.0188. The zero-order chi connectivity index (χ0) is 24.2. The Hall–Kier alpha value is -3.80. The van der Waals surface area contributed by atoms with Gasteiger partial charge in [0.05, 0.1) is 24.2 Å². The van der Waals surface area contributed by atoms with E-state index in [0.717, 1.165) is 40.5 Å². The molecule has 0 aliphatic carbocycles. The Morgan fingerprint density at radius 3 is 2.37 bits per heavy atom. The molecule has 1 unspecified atom stereocenters. The Morgan fingerprint density at radius 1 is 0.914 bits per heavy atom. The van der Waals surface area contributed by atoms with E-state index in [1.54, 1.807) is 0 Å². The van der Waals surface area contributed by atoms with E-state index in [2.05, 4.69) is 29.7 Å². The largest absolute Gasteiger partial charge is 0.494 e. The molecule has 0 saturated carbocycles. The van der Waals surface area contributed by atoms with Crippen LogP contribution in [0.5, 0.6) is 11.5 Å². The van der Waals surface area contributed by atoms with Crippen molar-refractivity contribution in [3.63, 3.8) is 0 Å². The maximum absolute atomic E-state index is 13.0. The number of hydrogen-bond donors (Lipinski definition) is 0. The molecule has 1 amide bonds. The highest BCUT2D eigenvalue weighted by molar-refractivity contribution is 5.96. The second-order valence-electron chi connectivity index (χ2n) is 8.79. The van der Waals surface area contributed by atoms with Crippen molar-refractivity contribution >= 4 is 22.6 Å². The first-order chi connectivity index (χ1) is 17.2. The van der Waals surface area contributed by atoms with E-state index in [4.69, 9.17) is 14.5 Å². The van der Waals surface area contributed by atoms with Gasteiger partial charge in [0.1, 0.15) is 23.9 Å². The predicted molar refractivity (Wildman–Crippen MR) is 138 cm³/mol. The van der Waals surface area contributed by atoms with E-state index in [0.29, 0.717) is 32.7 Å². The van der Waals surface area contributed by atoms with Crippen LogP contribution in [0.25, 0.3) is 11.0 Å². The number of carbonyl (C=O) groups excluding carboxylic acids is 1. The average Bonchev–Trinajstić information content (AvgIpc) is 3.46. The highest BCUT2D eigenvalue weighted by atomic mass is 16.5. The normalized spacial score (nSPS) is 15.7. The summed E-state index contributed by atoms with van der Waals surface area (Å²) in [5.74, 6) is 2.75. The van der Waals surface area contributed by atoms with Crippen LogP contribution in [0.15, 0.2) is 72.8 Å². The fourth-order valence-corrected chi connectivity index (χ4v) is 4.74. The maximum Gasteiger partial charge on any atom is 0.227 e. The first-order valence-corrected chi connectivity index (χ1v) is 12.4. The van der Waals surface area contributed by atoms with E-state index >= 15 is 0 Å². The number of aryl methyl sites for hydroxylation is 1. The zero-order valence-corrected chi connectivity index (χ0v) is 20.3. The molecule has 1 aliphatic rings. The Balaban J connectivity index is 1.35. The van der Waals surface area contributed by atoms with Crippen molar-refractivity contribution in [2.45, 2.75) is 39.2 Å². The molecule has 1 atom stereocenters. The first-order valence-electron chi connectivity index (χ1n) is 12.4. The SMILES string of the molecule is CCOc1ccc(N2CC(c3nc4ccccc4n3CCOc3ccc(CC)cc3)CC2=O)cc1. The summed E-state index contributed by atoms with van der Waals surface area (Å²) < 4.78 is 13.8. The number of rotatable bonds is 9. The summed E-state index contributed by atoms with van der Waals surface area (Å²) in [6, 6.07) is 24.1. The van der Waals surface area contributed by atoms with Crippen LogP contribution in [0, 0.1) is 0 Å².